The van der Waals surface area contributed by atoms with Gasteiger partial charge in [0.1, 0.15) is 5.54 Å². The van der Waals surface area contributed by atoms with Gasteiger partial charge < -0.3 is 10.2 Å². The van der Waals surface area contributed by atoms with Crippen LogP contribution >= 0.6 is 0 Å². The second kappa shape index (κ2) is 5.29. The van der Waals surface area contributed by atoms with Gasteiger partial charge in [0, 0.05) is 19.0 Å². The van der Waals surface area contributed by atoms with E-state index in [0.717, 1.165) is 31.6 Å². The molecule has 0 radical (unpaired) electrons. The first-order valence-corrected chi connectivity index (χ1v) is 8.54. The van der Waals surface area contributed by atoms with Gasteiger partial charge in [0.05, 0.1) is 0 Å². The summed E-state index contributed by atoms with van der Waals surface area (Å²) in [6.07, 6.45) is 5.95. The molecule has 3 fully saturated rings. The summed E-state index contributed by atoms with van der Waals surface area (Å²) in [7, 11) is 0. The van der Waals surface area contributed by atoms with Crippen molar-refractivity contribution in [1.29, 1.82) is 0 Å². The van der Waals surface area contributed by atoms with Crippen molar-refractivity contribution in [1.82, 2.24) is 10.2 Å². The van der Waals surface area contributed by atoms with Crippen LogP contribution < -0.4 is 5.32 Å². The predicted molar refractivity (Wildman–Crippen MR) is 81.6 cm³/mol. The SMILES string of the molecule is CC1CCC(N2CCC(=O)NC(C)(C3CC3)C2=O)CC1C. The molecule has 4 unspecified atom stereocenters. The highest BCUT2D eigenvalue weighted by atomic mass is 16.2. The molecule has 21 heavy (non-hydrogen) atoms. The minimum absolute atomic E-state index is 0.0393. The summed E-state index contributed by atoms with van der Waals surface area (Å²) in [5.74, 6) is 1.96. The topological polar surface area (TPSA) is 49.4 Å². The number of hydrogen-bond acceptors (Lipinski definition) is 2. The van der Waals surface area contributed by atoms with Gasteiger partial charge >= 0.3 is 0 Å². The third-order valence-corrected chi connectivity index (χ3v) is 6.09. The standard InChI is InChI=1S/C17H28N2O2/c1-11-4-7-14(10-12(11)2)19-9-8-15(20)18-17(3,16(19)21)13-5-6-13/h11-14H,4-10H2,1-3H3,(H,18,20). The molecule has 4 atom stereocenters. The second-order valence-electron chi connectivity index (χ2n) is 7.69. The Morgan fingerprint density at radius 2 is 1.81 bits per heavy atom. The van der Waals surface area contributed by atoms with Crippen molar-refractivity contribution in [2.45, 2.75) is 70.9 Å². The van der Waals surface area contributed by atoms with Gasteiger partial charge in [-0.3, -0.25) is 9.59 Å². The Kier molecular flexibility index (Phi) is 3.74. The van der Waals surface area contributed by atoms with Crippen molar-refractivity contribution in [3.63, 3.8) is 0 Å². The summed E-state index contributed by atoms with van der Waals surface area (Å²) < 4.78 is 0. The third-order valence-electron chi connectivity index (χ3n) is 6.09. The zero-order valence-electron chi connectivity index (χ0n) is 13.5. The van der Waals surface area contributed by atoms with E-state index in [1.54, 1.807) is 0 Å². The highest BCUT2D eigenvalue weighted by molar-refractivity contribution is 5.94. The first-order valence-electron chi connectivity index (χ1n) is 8.54. The summed E-state index contributed by atoms with van der Waals surface area (Å²) in [6, 6.07) is 0.328. The Balaban J connectivity index is 1.80. The fourth-order valence-corrected chi connectivity index (χ4v) is 4.12. The number of rotatable bonds is 2. The number of carbonyl (C=O) groups is 2. The molecule has 2 saturated carbocycles. The van der Waals surface area contributed by atoms with Gasteiger partial charge in [-0.15, -0.1) is 0 Å². The molecule has 0 aromatic carbocycles. The number of carbonyl (C=O) groups excluding carboxylic acids is 2. The van der Waals surface area contributed by atoms with Crippen molar-refractivity contribution < 1.29 is 9.59 Å². The molecule has 0 spiro atoms. The van der Waals surface area contributed by atoms with Crippen LogP contribution in [0.3, 0.4) is 0 Å². The van der Waals surface area contributed by atoms with E-state index < -0.39 is 5.54 Å². The summed E-state index contributed by atoms with van der Waals surface area (Å²) in [4.78, 5) is 27.2. The Morgan fingerprint density at radius 1 is 1.10 bits per heavy atom. The summed E-state index contributed by atoms with van der Waals surface area (Å²) in [5.41, 5.74) is -0.653. The smallest absolute Gasteiger partial charge is 0.248 e. The molecule has 3 aliphatic rings. The van der Waals surface area contributed by atoms with Crippen LogP contribution in [-0.4, -0.2) is 34.8 Å². The highest BCUT2D eigenvalue weighted by Gasteiger charge is 2.52. The lowest BCUT2D eigenvalue weighted by molar-refractivity contribution is -0.142. The largest absolute Gasteiger partial charge is 0.342 e. The average molecular weight is 292 g/mol. The lowest BCUT2D eigenvalue weighted by atomic mass is 9.78. The fourth-order valence-electron chi connectivity index (χ4n) is 4.12. The van der Waals surface area contributed by atoms with Crippen molar-refractivity contribution in [2.75, 3.05) is 6.54 Å². The maximum absolute atomic E-state index is 13.1. The van der Waals surface area contributed by atoms with E-state index in [2.05, 4.69) is 19.2 Å². The molecular formula is C17H28N2O2. The van der Waals surface area contributed by atoms with E-state index >= 15 is 0 Å². The van der Waals surface area contributed by atoms with E-state index in [1.807, 2.05) is 11.8 Å². The summed E-state index contributed by atoms with van der Waals surface area (Å²) in [5, 5.41) is 3.03. The molecule has 1 saturated heterocycles. The molecule has 1 N–H and O–H groups in total. The van der Waals surface area contributed by atoms with Crippen molar-refractivity contribution in [3.8, 4) is 0 Å². The van der Waals surface area contributed by atoms with Gasteiger partial charge in [-0.2, -0.15) is 0 Å². The van der Waals surface area contributed by atoms with Gasteiger partial charge in [-0.25, -0.2) is 0 Å². The van der Waals surface area contributed by atoms with E-state index in [9.17, 15) is 9.59 Å². The lowest BCUT2D eigenvalue weighted by Crippen LogP contribution is -2.59. The molecule has 2 aliphatic carbocycles. The maximum atomic E-state index is 13.1. The van der Waals surface area contributed by atoms with Crippen LogP contribution in [0.25, 0.3) is 0 Å². The average Bonchev–Trinajstić information content (AvgIpc) is 3.26. The molecule has 0 bridgehead atoms. The normalized spacial score (nSPS) is 41.7. The number of hydrogen-bond donors (Lipinski definition) is 1. The third kappa shape index (κ3) is 2.69. The van der Waals surface area contributed by atoms with Crippen LogP contribution in [0.1, 0.15) is 59.3 Å². The Hall–Kier alpha value is -1.06. The van der Waals surface area contributed by atoms with E-state index in [-0.39, 0.29) is 11.8 Å². The molecule has 4 heteroatoms. The minimum atomic E-state index is -0.653. The van der Waals surface area contributed by atoms with Gasteiger partial charge in [0.2, 0.25) is 11.8 Å². The van der Waals surface area contributed by atoms with Gasteiger partial charge in [0.15, 0.2) is 0 Å². The quantitative estimate of drug-likeness (QED) is 0.849. The fraction of sp³-hybridized carbons (Fsp3) is 0.882. The monoisotopic (exact) mass is 292 g/mol. The van der Waals surface area contributed by atoms with Gasteiger partial charge in [-0.05, 0) is 56.8 Å². The molecule has 118 valence electrons. The molecule has 1 aliphatic heterocycles. The molecule has 0 aromatic rings. The van der Waals surface area contributed by atoms with E-state index in [0.29, 0.717) is 30.8 Å². The first kappa shape index (κ1) is 14.9. The Labute approximate surface area is 127 Å². The molecule has 0 aromatic heterocycles. The summed E-state index contributed by atoms with van der Waals surface area (Å²) in [6.45, 7) is 7.14. The van der Waals surface area contributed by atoms with E-state index in [4.69, 9.17) is 0 Å². The van der Waals surface area contributed by atoms with E-state index in [1.165, 1.54) is 6.42 Å². The van der Waals surface area contributed by atoms with Crippen molar-refractivity contribution >= 4 is 11.8 Å². The molecule has 2 amide bonds. The van der Waals surface area contributed by atoms with Crippen LogP contribution in [0.5, 0.6) is 0 Å². The van der Waals surface area contributed by atoms with Gasteiger partial charge in [-0.1, -0.05) is 13.8 Å². The van der Waals surface area contributed by atoms with Crippen LogP contribution in [0.15, 0.2) is 0 Å². The van der Waals surface area contributed by atoms with Crippen LogP contribution in [-0.2, 0) is 9.59 Å². The van der Waals surface area contributed by atoms with Crippen LogP contribution in [0.4, 0.5) is 0 Å². The summed E-state index contributed by atoms with van der Waals surface area (Å²) >= 11 is 0. The van der Waals surface area contributed by atoms with Crippen LogP contribution in [0, 0.1) is 17.8 Å². The number of amides is 2. The highest BCUT2D eigenvalue weighted by Crippen LogP contribution is 2.42. The Bertz CT molecular complexity index is 446. The first-order chi connectivity index (χ1) is 9.91. The Morgan fingerprint density at radius 3 is 2.43 bits per heavy atom. The molecule has 4 nitrogen and oxygen atoms in total. The molecule has 3 rings (SSSR count). The molecule has 1 heterocycles. The second-order valence-corrected chi connectivity index (χ2v) is 7.69. The zero-order valence-corrected chi connectivity index (χ0v) is 13.5. The predicted octanol–water partition coefficient (Wildman–Crippen LogP) is 2.33. The maximum Gasteiger partial charge on any atom is 0.248 e. The minimum Gasteiger partial charge on any atom is -0.342 e. The lowest BCUT2D eigenvalue weighted by Gasteiger charge is -2.41. The van der Waals surface area contributed by atoms with Crippen LogP contribution in [0.2, 0.25) is 0 Å². The number of nitrogens with zero attached hydrogens (tertiary/aromatic N) is 1. The van der Waals surface area contributed by atoms with Gasteiger partial charge in [0.25, 0.3) is 0 Å². The van der Waals surface area contributed by atoms with Crippen molar-refractivity contribution in [2.24, 2.45) is 17.8 Å². The molecular weight excluding hydrogens is 264 g/mol. The zero-order chi connectivity index (χ0) is 15.2. The number of nitrogens with one attached hydrogen (secondary N) is 1. The van der Waals surface area contributed by atoms with Crippen molar-refractivity contribution in [3.05, 3.63) is 0 Å².